The monoisotopic (exact) mass is 311 g/mol. The SMILES string of the molecule is C=C(C)C(=O)OCCN(CCOC(=O)C(=C)C)CC(C)(C)C. The van der Waals surface area contributed by atoms with Gasteiger partial charge in [0.15, 0.2) is 0 Å². The summed E-state index contributed by atoms with van der Waals surface area (Å²) in [6.45, 7) is 19.2. The number of hydrogen-bond acceptors (Lipinski definition) is 5. The van der Waals surface area contributed by atoms with E-state index in [-0.39, 0.29) is 30.6 Å². The van der Waals surface area contributed by atoms with E-state index in [4.69, 9.17) is 9.47 Å². The number of nitrogens with zero attached hydrogens (tertiary/aromatic N) is 1. The highest BCUT2D eigenvalue weighted by Gasteiger charge is 2.17. The first-order valence-corrected chi connectivity index (χ1v) is 7.40. The molecule has 22 heavy (non-hydrogen) atoms. The van der Waals surface area contributed by atoms with Gasteiger partial charge in [-0.1, -0.05) is 33.9 Å². The van der Waals surface area contributed by atoms with Crippen molar-refractivity contribution < 1.29 is 19.1 Å². The average Bonchev–Trinajstić information content (AvgIpc) is 2.35. The molecule has 0 saturated carbocycles. The fourth-order valence-corrected chi connectivity index (χ4v) is 1.72. The molecule has 0 radical (unpaired) electrons. The second kappa shape index (κ2) is 9.41. The van der Waals surface area contributed by atoms with Gasteiger partial charge >= 0.3 is 11.9 Å². The van der Waals surface area contributed by atoms with Gasteiger partial charge in [-0.05, 0) is 19.3 Å². The molecule has 0 aromatic heterocycles. The first kappa shape index (κ1) is 20.4. The zero-order valence-corrected chi connectivity index (χ0v) is 14.5. The van der Waals surface area contributed by atoms with Crippen molar-refractivity contribution in [3.05, 3.63) is 24.3 Å². The number of hydrogen-bond donors (Lipinski definition) is 0. The Labute approximate surface area is 134 Å². The number of carbonyl (C=O) groups is 2. The first-order valence-electron chi connectivity index (χ1n) is 7.40. The summed E-state index contributed by atoms with van der Waals surface area (Å²) in [4.78, 5) is 24.8. The molecule has 0 N–H and O–H groups in total. The number of rotatable bonds is 9. The predicted octanol–water partition coefficient (Wildman–Crippen LogP) is 2.57. The van der Waals surface area contributed by atoms with Gasteiger partial charge < -0.3 is 9.47 Å². The summed E-state index contributed by atoms with van der Waals surface area (Å²) in [5, 5.41) is 0. The van der Waals surface area contributed by atoms with Crippen molar-refractivity contribution in [3.63, 3.8) is 0 Å². The zero-order chi connectivity index (χ0) is 17.3. The Kier molecular flexibility index (Phi) is 8.72. The average molecular weight is 311 g/mol. The lowest BCUT2D eigenvalue weighted by Gasteiger charge is -2.29. The maximum atomic E-state index is 11.4. The Hall–Kier alpha value is -1.62. The molecule has 0 aromatic rings. The summed E-state index contributed by atoms with van der Waals surface area (Å²) in [6.07, 6.45) is 0. The minimum Gasteiger partial charge on any atom is -0.461 e. The molecule has 0 saturated heterocycles. The summed E-state index contributed by atoms with van der Waals surface area (Å²) in [5.74, 6) is -0.770. The molecule has 0 unspecified atom stereocenters. The van der Waals surface area contributed by atoms with E-state index < -0.39 is 0 Å². The van der Waals surface area contributed by atoms with Crippen molar-refractivity contribution >= 4 is 11.9 Å². The third-order valence-electron chi connectivity index (χ3n) is 2.68. The Morgan fingerprint density at radius 1 is 0.909 bits per heavy atom. The van der Waals surface area contributed by atoms with Crippen molar-refractivity contribution in [2.24, 2.45) is 5.41 Å². The lowest BCUT2D eigenvalue weighted by atomic mass is 9.96. The van der Waals surface area contributed by atoms with Gasteiger partial charge in [0.2, 0.25) is 0 Å². The normalized spacial score (nSPS) is 11.2. The Morgan fingerprint density at radius 2 is 1.27 bits per heavy atom. The fourth-order valence-electron chi connectivity index (χ4n) is 1.72. The van der Waals surface area contributed by atoms with Crippen molar-refractivity contribution in [1.29, 1.82) is 0 Å². The second-order valence-corrected chi connectivity index (χ2v) is 6.67. The van der Waals surface area contributed by atoms with Gasteiger partial charge in [-0.15, -0.1) is 0 Å². The minimum atomic E-state index is -0.385. The third-order valence-corrected chi connectivity index (χ3v) is 2.68. The van der Waals surface area contributed by atoms with Crippen LogP contribution in [0.15, 0.2) is 24.3 Å². The molecule has 0 aliphatic heterocycles. The van der Waals surface area contributed by atoms with E-state index in [0.29, 0.717) is 24.2 Å². The maximum Gasteiger partial charge on any atom is 0.333 e. The van der Waals surface area contributed by atoms with E-state index in [2.05, 4.69) is 38.8 Å². The summed E-state index contributed by atoms with van der Waals surface area (Å²) in [5.41, 5.74) is 0.868. The van der Waals surface area contributed by atoms with Crippen LogP contribution in [0, 0.1) is 5.41 Å². The molecule has 0 bridgehead atoms. The summed E-state index contributed by atoms with van der Waals surface area (Å²) >= 11 is 0. The number of esters is 2. The predicted molar refractivity (Wildman–Crippen MR) is 87.4 cm³/mol. The summed E-state index contributed by atoms with van der Waals surface area (Å²) in [6, 6.07) is 0. The Balaban J connectivity index is 4.32. The van der Waals surface area contributed by atoms with Crippen LogP contribution in [-0.2, 0) is 19.1 Å². The summed E-state index contributed by atoms with van der Waals surface area (Å²) < 4.78 is 10.2. The van der Waals surface area contributed by atoms with Crippen molar-refractivity contribution in [3.8, 4) is 0 Å². The largest absolute Gasteiger partial charge is 0.461 e. The summed E-state index contributed by atoms with van der Waals surface area (Å²) in [7, 11) is 0. The standard InChI is InChI=1S/C17H29NO4/c1-13(2)15(19)21-10-8-18(12-17(5,6)7)9-11-22-16(20)14(3)4/h1,3,8-12H2,2,4-7H3. The number of ether oxygens (including phenoxy) is 2. The highest BCUT2D eigenvalue weighted by Crippen LogP contribution is 2.15. The van der Waals surface area contributed by atoms with E-state index in [1.807, 2.05) is 0 Å². The van der Waals surface area contributed by atoms with E-state index in [1.54, 1.807) is 13.8 Å². The second-order valence-electron chi connectivity index (χ2n) is 6.67. The van der Waals surface area contributed by atoms with Crippen molar-refractivity contribution in [2.75, 3.05) is 32.8 Å². The lowest BCUT2D eigenvalue weighted by Crippen LogP contribution is -2.38. The van der Waals surface area contributed by atoms with Crippen LogP contribution in [0.4, 0.5) is 0 Å². The van der Waals surface area contributed by atoms with Gasteiger partial charge in [-0.2, -0.15) is 0 Å². The van der Waals surface area contributed by atoms with Crippen LogP contribution in [0.3, 0.4) is 0 Å². The van der Waals surface area contributed by atoms with Gasteiger partial charge in [-0.25, -0.2) is 9.59 Å². The van der Waals surface area contributed by atoms with Crippen LogP contribution in [0.2, 0.25) is 0 Å². The van der Waals surface area contributed by atoms with E-state index in [0.717, 1.165) is 6.54 Å². The van der Waals surface area contributed by atoms with Gasteiger partial charge in [0.25, 0.3) is 0 Å². The molecule has 0 spiro atoms. The maximum absolute atomic E-state index is 11.4. The zero-order valence-electron chi connectivity index (χ0n) is 14.5. The third kappa shape index (κ3) is 10.2. The highest BCUT2D eigenvalue weighted by atomic mass is 16.5. The molecular weight excluding hydrogens is 282 g/mol. The van der Waals surface area contributed by atoms with Crippen LogP contribution < -0.4 is 0 Å². The topological polar surface area (TPSA) is 55.8 Å². The molecule has 0 aliphatic carbocycles. The van der Waals surface area contributed by atoms with E-state index in [9.17, 15) is 9.59 Å². The van der Waals surface area contributed by atoms with Crippen molar-refractivity contribution in [1.82, 2.24) is 4.90 Å². The van der Waals surface area contributed by atoms with Crippen LogP contribution in [0.5, 0.6) is 0 Å². The van der Waals surface area contributed by atoms with Crippen molar-refractivity contribution in [2.45, 2.75) is 34.6 Å². The van der Waals surface area contributed by atoms with Gasteiger partial charge in [-0.3, -0.25) is 4.90 Å². The van der Waals surface area contributed by atoms with E-state index in [1.165, 1.54) is 0 Å². The molecule has 5 nitrogen and oxygen atoms in total. The molecule has 126 valence electrons. The highest BCUT2D eigenvalue weighted by molar-refractivity contribution is 5.87. The van der Waals surface area contributed by atoms with Gasteiger partial charge in [0.1, 0.15) is 13.2 Å². The molecular formula is C17H29NO4. The molecule has 0 aromatic carbocycles. The smallest absolute Gasteiger partial charge is 0.333 e. The van der Waals surface area contributed by atoms with Crippen LogP contribution >= 0.6 is 0 Å². The molecule has 5 heteroatoms. The van der Waals surface area contributed by atoms with E-state index >= 15 is 0 Å². The quantitative estimate of drug-likeness (QED) is 0.484. The first-order chi connectivity index (χ1) is 10.0. The van der Waals surface area contributed by atoms with Crippen LogP contribution in [-0.4, -0.2) is 49.7 Å². The minimum absolute atomic E-state index is 0.0940. The van der Waals surface area contributed by atoms with Crippen LogP contribution in [0.25, 0.3) is 0 Å². The van der Waals surface area contributed by atoms with Crippen LogP contribution in [0.1, 0.15) is 34.6 Å². The van der Waals surface area contributed by atoms with Gasteiger partial charge in [0, 0.05) is 30.8 Å². The molecule has 0 atom stereocenters. The Bertz CT molecular complexity index is 389. The van der Waals surface area contributed by atoms with Gasteiger partial charge in [0.05, 0.1) is 0 Å². The molecule has 0 amide bonds. The molecule has 0 rings (SSSR count). The molecule has 0 aliphatic rings. The molecule has 0 heterocycles. The lowest BCUT2D eigenvalue weighted by molar-refractivity contribution is -0.139. The Morgan fingerprint density at radius 3 is 1.55 bits per heavy atom. The number of carbonyl (C=O) groups excluding carboxylic acids is 2. The molecule has 0 fully saturated rings. The fraction of sp³-hybridized carbons (Fsp3) is 0.647.